The highest BCUT2D eigenvalue weighted by Crippen LogP contribution is 2.27. The highest BCUT2D eigenvalue weighted by atomic mass is 16.4. The maximum Gasteiger partial charge on any atom is 0.328 e. The topological polar surface area (TPSA) is 43.8 Å². The van der Waals surface area contributed by atoms with Crippen molar-refractivity contribution in [2.24, 2.45) is 0 Å². The molecule has 1 aliphatic carbocycles. The van der Waals surface area contributed by atoms with Crippen molar-refractivity contribution in [3.8, 4) is 0 Å². The van der Waals surface area contributed by atoms with Crippen LogP contribution in [-0.4, -0.2) is 53.1 Å². The Bertz CT molecular complexity index is 529. The van der Waals surface area contributed by atoms with Gasteiger partial charge in [0.2, 0.25) is 0 Å². The molecule has 4 nitrogen and oxygen atoms in total. The second-order valence-corrected chi connectivity index (χ2v) is 5.96. The number of benzene rings is 1. The molecule has 1 aromatic rings. The minimum atomic E-state index is -0.906. The highest BCUT2D eigenvalue weighted by molar-refractivity contribution is 5.85. The number of carbonyl (C=O) groups is 1. The van der Waals surface area contributed by atoms with Crippen LogP contribution in [0.1, 0.15) is 24.0 Å². The minimum Gasteiger partial charge on any atom is -0.478 e. The fourth-order valence-electron chi connectivity index (χ4n) is 2.95. The zero-order valence-electron chi connectivity index (χ0n) is 12.2. The first-order chi connectivity index (χ1) is 10.2. The van der Waals surface area contributed by atoms with Crippen molar-refractivity contribution in [2.45, 2.75) is 25.4 Å². The van der Waals surface area contributed by atoms with Gasteiger partial charge in [0, 0.05) is 44.8 Å². The maximum absolute atomic E-state index is 10.6. The molecule has 112 valence electrons. The van der Waals surface area contributed by atoms with Gasteiger partial charge in [0.25, 0.3) is 0 Å². The predicted octanol–water partition coefficient (Wildman–Crippen LogP) is 2.06. The van der Waals surface area contributed by atoms with Crippen LogP contribution in [0.15, 0.2) is 30.3 Å². The Hall–Kier alpha value is -1.65. The largest absolute Gasteiger partial charge is 0.478 e. The molecule has 0 spiro atoms. The summed E-state index contributed by atoms with van der Waals surface area (Å²) in [5.41, 5.74) is 2.20. The monoisotopic (exact) mass is 286 g/mol. The summed E-state index contributed by atoms with van der Waals surface area (Å²) in [6, 6.07) is 9.00. The van der Waals surface area contributed by atoms with Gasteiger partial charge >= 0.3 is 5.97 Å². The van der Waals surface area contributed by atoms with E-state index in [0.717, 1.165) is 31.2 Å². The van der Waals surface area contributed by atoms with Crippen molar-refractivity contribution in [1.29, 1.82) is 0 Å². The molecule has 0 aromatic heterocycles. The second-order valence-electron chi connectivity index (χ2n) is 5.96. The van der Waals surface area contributed by atoms with Crippen molar-refractivity contribution >= 4 is 12.0 Å². The van der Waals surface area contributed by atoms with Gasteiger partial charge in [-0.1, -0.05) is 24.3 Å². The lowest BCUT2D eigenvalue weighted by Crippen LogP contribution is -2.46. The number of piperazine rings is 1. The summed E-state index contributed by atoms with van der Waals surface area (Å²) in [4.78, 5) is 15.7. The van der Waals surface area contributed by atoms with Gasteiger partial charge in [-0.15, -0.1) is 0 Å². The van der Waals surface area contributed by atoms with Crippen LogP contribution < -0.4 is 0 Å². The Kier molecular flexibility index (Phi) is 4.36. The van der Waals surface area contributed by atoms with Crippen LogP contribution >= 0.6 is 0 Å². The molecule has 1 heterocycles. The molecular formula is C17H22N2O2. The first-order valence-corrected chi connectivity index (χ1v) is 7.67. The Morgan fingerprint density at radius 3 is 2.67 bits per heavy atom. The predicted molar refractivity (Wildman–Crippen MR) is 83.0 cm³/mol. The van der Waals surface area contributed by atoms with Gasteiger partial charge < -0.3 is 5.11 Å². The van der Waals surface area contributed by atoms with Gasteiger partial charge in [0.15, 0.2) is 0 Å². The van der Waals surface area contributed by atoms with Gasteiger partial charge in [0.1, 0.15) is 0 Å². The van der Waals surface area contributed by atoms with Gasteiger partial charge in [0.05, 0.1) is 0 Å². The first kappa shape index (κ1) is 14.3. The van der Waals surface area contributed by atoms with E-state index in [4.69, 9.17) is 5.11 Å². The number of hydrogen-bond donors (Lipinski definition) is 1. The minimum absolute atomic E-state index is 0.872. The van der Waals surface area contributed by atoms with E-state index >= 15 is 0 Å². The van der Waals surface area contributed by atoms with Crippen LogP contribution in [0, 0.1) is 0 Å². The SMILES string of the molecule is O=C(O)C=Cc1cccc(CN2CCN(C3CC3)CC2)c1. The number of carboxylic acids is 1. The van der Waals surface area contributed by atoms with E-state index < -0.39 is 5.97 Å². The number of nitrogens with zero attached hydrogens (tertiary/aromatic N) is 2. The highest BCUT2D eigenvalue weighted by Gasteiger charge is 2.30. The van der Waals surface area contributed by atoms with Gasteiger partial charge in [-0.2, -0.15) is 0 Å². The summed E-state index contributed by atoms with van der Waals surface area (Å²) in [5, 5.41) is 8.68. The molecule has 21 heavy (non-hydrogen) atoms. The summed E-state index contributed by atoms with van der Waals surface area (Å²) < 4.78 is 0. The quantitative estimate of drug-likeness (QED) is 0.842. The van der Waals surface area contributed by atoms with E-state index in [9.17, 15) is 4.79 Å². The lowest BCUT2D eigenvalue weighted by molar-refractivity contribution is -0.131. The van der Waals surface area contributed by atoms with Crippen molar-refractivity contribution in [3.05, 3.63) is 41.5 Å². The van der Waals surface area contributed by atoms with Crippen LogP contribution in [0.4, 0.5) is 0 Å². The second kappa shape index (κ2) is 6.41. The molecular weight excluding hydrogens is 264 g/mol. The van der Waals surface area contributed by atoms with Gasteiger partial charge in [-0.05, 0) is 30.0 Å². The number of carboxylic acid groups (broad SMARTS) is 1. The molecule has 0 radical (unpaired) electrons. The smallest absolute Gasteiger partial charge is 0.328 e. The van der Waals surface area contributed by atoms with Crippen molar-refractivity contribution in [3.63, 3.8) is 0 Å². The van der Waals surface area contributed by atoms with Crippen LogP contribution in [0.25, 0.3) is 6.08 Å². The van der Waals surface area contributed by atoms with Crippen molar-refractivity contribution in [2.75, 3.05) is 26.2 Å². The van der Waals surface area contributed by atoms with Crippen LogP contribution in [0.3, 0.4) is 0 Å². The molecule has 1 aliphatic heterocycles. The third-order valence-corrected chi connectivity index (χ3v) is 4.25. The Morgan fingerprint density at radius 2 is 2.00 bits per heavy atom. The van der Waals surface area contributed by atoms with Gasteiger partial charge in [-0.25, -0.2) is 4.79 Å². The van der Waals surface area contributed by atoms with E-state index in [0.29, 0.717) is 0 Å². The molecule has 0 atom stereocenters. The van der Waals surface area contributed by atoms with Crippen LogP contribution in [0.5, 0.6) is 0 Å². The number of hydrogen-bond acceptors (Lipinski definition) is 3. The lowest BCUT2D eigenvalue weighted by atomic mass is 10.1. The fourth-order valence-corrected chi connectivity index (χ4v) is 2.95. The number of aliphatic carboxylic acids is 1. The summed E-state index contributed by atoms with van der Waals surface area (Å²) in [5.74, 6) is -0.906. The summed E-state index contributed by atoms with van der Waals surface area (Å²) in [6.45, 7) is 5.58. The third kappa shape index (κ3) is 4.16. The number of rotatable bonds is 5. The van der Waals surface area contributed by atoms with Crippen LogP contribution in [-0.2, 0) is 11.3 Å². The Morgan fingerprint density at radius 1 is 1.24 bits per heavy atom. The van der Waals surface area contributed by atoms with E-state index in [-0.39, 0.29) is 0 Å². The molecule has 0 amide bonds. The molecule has 1 saturated carbocycles. The summed E-state index contributed by atoms with van der Waals surface area (Å²) in [7, 11) is 0. The molecule has 2 aliphatic rings. The molecule has 1 aromatic carbocycles. The van der Waals surface area contributed by atoms with Crippen molar-refractivity contribution < 1.29 is 9.90 Å². The average Bonchev–Trinajstić information content (AvgIpc) is 3.31. The van der Waals surface area contributed by atoms with Crippen LogP contribution in [0.2, 0.25) is 0 Å². The van der Waals surface area contributed by atoms with E-state index in [2.05, 4.69) is 21.9 Å². The summed E-state index contributed by atoms with van der Waals surface area (Å²) in [6.07, 6.45) is 5.61. The molecule has 3 rings (SSSR count). The van der Waals surface area contributed by atoms with Crippen molar-refractivity contribution in [1.82, 2.24) is 9.80 Å². The van der Waals surface area contributed by atoms with E-state index in [1.54, 1.807) is 6.08 Å². The standard InChI is InChI=1S/C17H22N2O2/c20-17(21)7-4-14-2-1-3-15(12-14)13-18-8-10-19(11-9-18)16-5-6-16/h1-4,7,12,16H,5-6,8-11,13H2,(H,20,21). The molecule has 1 saturated heterocycles. The van der Waals surface area contributed by atoms with E-state index in [1.165, 1.54) is 37.6 Å². The first-order valence-electron chi connectivity index (χ1n) is 7.67. The third-order valence-electron chi connectivity index (χ3n) is 4.25. The zero-order valence-corrected chi connectivity index (χ0v) is 12.2. The average molecular weight is 286 g/mol. The Labute approximate surface area is 125 Å². The zero-order chi connectivity index (χ0) is 14.7. The summed E-state index contributed by atoms with van der Waals surface area (Å²) >= 11 is 0. The maximum atomic E-state index is 10.6. The lowest BCUT2D eigenvalue weighted by Gasteiger charge is -2.34. The molecule has 2 fully saturated rings. The molecule has 0 unspecified atom stereocenters. The molecule has 4 heteroatoms. The fraction of sp³-hybridized carbons (Fsp3) is 0.471. The molecule has 0 bridgehead atoms. The Balaban J connectivity index is 1.55. The normalized spacial score (nSPS) is 21.0. The molecule has 1 N–H and O–H groups in total. The van der Waals surface area contributed by atoms with Gasteiger partial charge in [-0.3, -0.25) is 9.80 Å². The van der Waals surface area contributed by atoms with E-state index in [1.807, 2.05) is 12.1 Å².